The molecule has 118 valence electrons. The topological polar surface area (TPSA) is 49.9 Å². The Morgan fingerprint density at radius 3 is 2.62 bits per heavy atom. The number of para-hydroxylation sites is 1. The SMILES string of the molecule is Cc1ccccc1OCCN1CCCN(S(C)(=O)=O)CC1. The number of sulfonamides is 1. The van der Waals surface area contributed by atoms with Crippen LogP contribution in [-0.4, -0.2) is 63.2 Å². The van der Waals surface area contributed by atoms with Gasteiger partial charge in [0, 0.05) is 26.2 Å². The van der Waals surface area contributed by atoms with Crippen molar-refractivity contribution in [2.45, 2.75) is 13.3 Å². The fourth-order valence-electron chi connectivity index (χ4n) is 2.51. The van der Waals surface area contributed by atoms with Crippen molar-refractivity contribution in [2.75, 3.05) is 45.6 Å². The predicted molar refractivity (Wildman–Crippen MR) is 84.1 cm³/mol. The second-order valence-corrected chi connectivity index (χ2v) is 7.45. The van der Waals surface area contributed by atoms with Crippen LogP contribution >= 0.6 is 0 Å². The first-order valence-corrected chi connectivity index (χ1v) is 9.17. The van der Waals surface area contributed by atoms with Crippen LogP contribution in [0.15, 0.2) is 24.3 Å². The molecule has 0 saturated carbocycles. The summed E-state index contributed by atoms with van der Waals surface area (Å²) in [7, 11) is -3.07. The Hall–Kier alpha value is -1.11. The summed E-state index contributed by atoms with van der Waals surface area (Å²) in [4.78, 5) is 2.27. The first kappa shape index (κ1) is 16.3. The number of nitrogens with zero attached hydrogens (tertiary/aromatic N) is 2. The Morgan fingerprint density at radius 2 is 1.90 bits per heavy atom. The predicted octanol–water partition coefficient (Wildman–Crippen LogP) is 1.34. The van der Waals surface area contributed by atoms with Crippen molar-refractivity contribution in [3.8, 4) is 5.75 Å². The molecule has 1 aliphatic rings. The van der Waals surface area contributed by atoms with E-state index in [0.29, 0.717) is 19.7 Å². The molecule has 0 radical (unpaired) electrons. The summed E-state index contributed by atoms with van der Waals surface area (Å²) < 4.78 is 30.5. The van der Waals surface area contributed by atoms with Gasteiger partial charge in [-0.05, 0) is 31.5 Å². The number of benzene rings is 1. The van der Waals surface area contributed by atoms with E-state index in [2.05, 4.69) is 4.90 Å². The summed E-state index contributed by atoms with van der Waals surface area (Å²) >= 11 is 0. The van der Waals surface area contributed by atoms with Crippen LogP contribution in [0.25, 0.3) is 0 Å². The lowest BCUT2D eigenvalue weighted by atomic mass is 10.2. The lowest BCUT2D eigenvalue weighted by molar-refractivity contribution is 0.215. The number of hydrogen-bond donors (Lipinski definition) is 0. The minimum atomic E-state index is -3.07. The molecule has 0 spiro atoms. The first-order chi connectivity index (χ1) is 9.97. The molecule has 6 heteroatoms. The smallest absolute Gasteiger partial charge is 0.211 e. The van der Waals surface area contributed by atoms with Crippen LogP contribution in [0.1, 0.15) is 12.0 Å². The minimum Gasteiger partial charge on any atom is -0.492 e. The molecule has 0 unspecified atom stereocenters. The summed E-state index contributed by atoms with van der Waals surface area (Å²) in [5, 5.41) is 0. The Balaban J connectivity index is 1.78. The van der Waals surface area contributed by atoms with Gasteiger partial charge in [-0.25, -0.2) is 12.7 Å². The highest BCUT2D eigenvalue weighted by Gasteiger charge is 2.20. The van der Waals surface area contributed by atoms with E-state index in [1.807, 2.05) is 31.2 Å². The van der Waals surface area contributed by atoms with Crippen LogP contribution in [-0.2, 0) is 10.0 Å². The third kappa shape index (κ3) is 4.98. The van der Waals surface area contributed by atoms with E-state index in [1.54, 1.807) is 4.31 Å². The Kier molecular flexibility index (Phi) is 5.61. The van der Waals surface area contributed by atoms with Gasteiger partial charge in [-0.1, -0.05) is 18.2 Å². The van der Waals surface area contributed by atoms with E-state index in [4.69, 9.17) is 4.74 Å². The summed E-state index contributed by atoms with van der Waals surface area (Å²) in [5.41, 5.74) is 1.14. The van der Waals surface area contributed by atoms with E-state index in [9.17, 15) is 8.42 Å². The van der Waals surface area contributed by atoms with Gasteiger partial charge in [-0.15, -0.1) is 0 Å². The average molecular weight is 312 g/mol. The van der Waals surface area contributed by atoms with Crippen molar-refractivity contribution in [1.29, 1.82) is 0 Å². The highest BCUT2D eigenvalue weighted by molar-refractivity contribution is 7.88. The second kappa shape index (κ2) is 7.24. The largest absolute Gasteiger partial charge is 0.492 e. The molecular weight excluding hydrogens is 288 g/mol. The van der Waals surface area contributed by atoms with E-state index in [1.165, 1.54) is 6.26 Å². The van der Waals surface area contributed by atoms with E-state index in [0.717, 1.165) is 37.4 Å². The average Bonchev–Trinajstić information content (AvgIpc) is 2.66. The molecule has 1 heterocycles. The number of rotatable bonds is 5. The third-order valence-corrected chi connectivity index (χ3v) is 5.08. The standard InChI is InChI=1S/C15H24N2O3S/c1-14-6-3-4-7-15(14)20-13-12-16-8-5-9-17(11-10-16)21(2,18)19/h3-4,6-7H,5,8-13H2,1-2H3. The summed E-state index contributed by atoms with van der Waals surface area (Å²) in [6.07, 6.45) is 2.15. The van der Waals surface area contributed by atoms with Crippen molar-refractivity contribution >= 4 is 10.0 Å². The number of hydrogen-bond acceptors (Lipinski definition) is 4. The van der Waals surface area contributed by atoms with Crippen molar-refractivity contribution in [2.24, 2.45) is 0 Å². The Labute approximate surface area is 127 Å². The lowest BCUT2D eigenvalue weighted by Crippen LogP contribution is -2.35. The monoisotopic (exact) mass is 312 g/mol. The van der Waals surface area contributed by atoms with E-state index < -0.39 is 10.0 Å². The Bertz CT molecular complexity index is 560. The molecule has 0 atom stereocenters. The fourth-order valence-corrected chi connectivity index (χ4v) is 3.38. The zero-order chi connectivity index (χ0) is 15.3. The molecule has 1 fully saturated rings. The van der Waals surface area contributed by atoms with Crippen LogP contribution in [0.5, 0.6) is 5.75 Å². The maximum Gasteiger partial charge on any atom is 0.211 e. The van der Waals surface area contributed by atoms with Crippen molar-refractivity contribution in [3.05, 3.63) is 29.8 Å². The Morgan fingerprint density at radius 1 is 1.14 bits per heavy atom. The van der Waals surface area contributed by atoms with Gasteiger partial charge in [-0.3, -0.25) is 4.90 Å². The van der Waals surface area contributed by atoms with Gasteiger partial charge in [-0.2, -0.15) is 0 Å². The van der Waals surface area contributed by atoms with Gasteiger partial charge in [0.15, 0.2) is 0 Å². The maximum absolute atomic E-state index is 11.6. The third-order valence-electron chi connectivity index (χ3n) is 3.78. The maximum atomic E-state index is 11.6. The van der Waals surface area contributed by atoms with Crippen LogP contribution in [0.3, 0.4) is 0 Å². The highest BCUT2D eigenvalue weighted by Crippen LogP contribution is 2.16. The molecule has 1 saturated heterocycles. The molecule has 0 aromatic heterocycles. The number of ether oxygens (including phenoxy) is 1. The van der Waals surface area contributed by atoms with Crippen molar-refractivity contribution in [3.63, 3.8) is 0 Å². The molecule has 0 N–H and O–H groups in total. The van der Waals surface area contributed by atoms with Crippen LogP contribution in [0, 0.1) is 6.92 Å². The van der Waals surface area contributed by atoms with E-state index >= 15 is 0 Å². The molecular formula is C15H24N2O3S. The zero-order valence-electron chi connectivity index (χ0n) is 12.8. The molecule has 0 aliphatic carbocycles. The first-order valence-electron chi connectivity index (χ1n) is 7.33. The van der Waals surface area contributed by atoms with Gasteiger partial charge < -0.3 is 4.74 Å². The quantitative estimate of drug-likeness (QED) is 0.823. The summed E-state index contributed by atoms with van der Waals surface area (Å²) in [6.45, 7) is 6.37. The van der Waals surface area contributed by atoms with Gasteiger partial charge in [0.05, 0.1) is 6.26 Å². The van der Waals surface area contributed by atoms with Gasteiger partial charge in [0.2, 0.25) is 10.0 Å². The summed E-state index contributed by atoms with van der Waals surface area (Å²) in [6, 6.07) is 7.98. The number of aryl methyl sites for hydroxylation is 1. The molecule has 21 heavy (non-hydrogen) atoms. The molecule has 1 aliphatic heterocycles. The molecule has 0 amide bonds. The lowest BCUT2D eigenvalue weighted by Gasteiger charge is -2.21. The van der Waals surface area contributed by atoms with Gasteiger partial charge >= 0.3 is 0 Å². The molecule has 1 aromatic carbocycles. The second-order valence-electron chi connectivity index (χ2n) is 5.47. The molecule has 0 bridgehead atoms. The highest BCUT2D eigenvalue weighted by atomic mass is 32.2. The van der Waals surface area contributed by atoms with Gasteiger partial charge in [0.1, 0.15) is 12.4 Å². The zero-order valence-corrected chi connectivity index (χ0v) is 13.6. The summed E-state index contributed by atoms with van der Waals surface area (Å²) in [5.74, 6) is 0.921. The molecule has 1 aromatic rings. The normalized spacial score (nSPS) is 18.4. The van der Waals surface area contributed by atoms with Gasteiger partial charge in [0.25, 0.3) is 0 Å². The molecule has 5 nitrogen and oxygen atoms in total. The molecule has 2 rings (SSSR count). The van der Waals surface area contributed by atoms with Crippen molar-refractivity contribution in [1.82, 2.24) is 9.21 Å². The fraction of sp³-hybridized carbons (Fsp3) is 0.600. The van der Waals surface area contributed by atoms with Crippen LogP contribution in [0.2, 0.25) is 0 Å². The van der Waals surface area contributed by atoms with Crippen LogP contribution < -0.4 is 4.74 Å². The van der Waals surface area contributed by atoms with E-state index in [-0.39, 0.29) is 0 Å². The van der Waals surface area contributed by atoms with Crippen molar-refractivity contribution < 1.29 is 13.2 Å². The van der Waals surface area contributed by atoms with Crippen LogP contribution in [0.4, 0.5) is 0 Å². The minimum absolute atomic E-state index is 0.573.